The molecule has 0 bridgehead atoms. The molecule has 98 valence electrons. The molecule has 2 aromatic heterocycles. The fourth-order valence-electron chi connectivity index (χ4n) is 3.25. The summed E-state index contributed by atoms with van der Waals surface area (Å²) < 4.78 is 0. The standard InChI is InChI=1S/C15H15NOS2/c17-13-8-10(11-6-3-7-18-11)14-9-4-1-2-5-12(9)19-15(14)16-13/h3,6-7,10H,1-2,4-5,8H2,(H,16,17). The molecular weight excluding hydrogens is 274 g/mol. The van der Waals surface area contributed by atoms with Crippen LogP contribution in [0.15, 0.2) is 17.5 Å². The zero-order valence-electron chi connectivity index (χ0n) is 10.6. The van der Waals surface area contributed by atoms with Crippen LogP contribution in [0.2, 0.25) is 0 Å². The predicted octanol–water partition coefficient (Wildman–Crippen LogP) is 4.16. The average molecular weight is 289 g/mol. The number of amides is 1. The Kier molecular flexibility index (Phi) is 2.74. The number of hydrogen-bond acceptors (Lipinski definition) is 3. The molecule has 1 N–H and O–H groups in total. The second-order valence-corrected chi connectivity index (χ2v) is 7.36. The van der Waals surface area contributed by atoms with E-state index in [2.05, 4.69) is 22.8 Å². The fourth-order valence-corrected chi connectivity index (χ4v) is 5.45. The number of aryl methyl sites for hydroxylation is 1. The molecule has 1 amide bonds. The van der Waals surface area contributed by atoms with Crippen LogP contribution in [-0.4, -0.2) is 5.91 Å². The Morgan fingerprint density at radius 1 is 1.26 bits per heavy atom. The summed E-state index contributed by atoms with van der Waals surface area (Å²) >= 11 is 3.59. The van der Waals surface area contributed by atoms with Gasteiger partial charge in [0.2, 0.25) is 5.91 Å². The van der Waals surface area contributed by atoms with Gasteiger partial charge in [-0.25, -0.2) is 0 Å². The van der Waals surface area contributed by atoms with Gasteiger partial charge in [0.15, 0.2) is 0 Å². The summed E-state index contributed by atoms with van der Waals surface area (Å²) in [7, 11) is 0. The van der Waals surface area contributed by atoms with Gasteiger partial charge in [-0.05, 0) is 48.3 Å². The Balaban J connectivity index is 1.88. The summed E-state index contributed by atoms with van der Waals surface area (Å²) in [5.74, 6) is 0.464. The van der Waals surface area contributed by atoms with Gasteiger partial charge in [-0.1, -0.05) is 6.07 Å². The number of anilines is 1. The molecule has 0 saturated carbocycles. The van der Waals surface area contributed by atoms with Crippen LogP contribution in [0.4, 0.5) is 5.00 Å². The largest absolute Gasteiger partial charge is 0.317 e. The third kappa shape index (κ3) is 1.85. The minimum atomic E-state index is 0.171. The van der Waals surface area contributed by atoms with Crippen molar-refractivity contribution in [2.75, 3.05) is 5.32 Å². The Morgan fingerprint density at radius 3 is 3.00 bits per heavy atom. The van der Waals surface area contributed by atoms with Crippen molar-refractivity contribution in [3.8, 4) is 0 Å². The number of rotatable bonds is 1. The van der Waals surface area contributed by atoms with Crippen molar-refractivity contribution in [3.63, 3.8) is 0 Å². The van der Waals surface area contributed by atoms with Gasteiger partial charge in [-0.2, -0.15) is 0 Å². The Hall–Kier alpha value is -1.13. The van der Waals surface area contributed by atoms with E-state index in [1.54, 1.807) is 16.9 Å². The van der Waals surface area contributed by atoms with Crippen LogP contribution in [0, 0.1) is 0 Å². The van der Waals surface area contributed by atoms with Crippen LogP contribution in [0.1, 0.15) is 46.1 Å². The number of nitrogens with one attached hydrogen (secondary N) is 1. The minimum Gasteiger partial charge on any atom is -0.317 e. The highest BCUT2D eigenvalue weighted by Gasteiger charge is 2.33. The van der Waals surface area contributed by atoms with Gasteiger partial charge in [0.25, 0.3) is 0 Å². The molecule has 19 heavy (non-hydrogen) atoms. The number of hydrogen-bond donors (Lipinski definition) is 1. The van der Waals surface area contributed by atoms with E-state index in [9.17, 15) is 4.79 Å². The lowest BCUT2D eigenvalue weighted by Gasteiger charge is -2.24. The molecule has 1 atom stereocenters. The quantitative estimate of drug-likeness (QED) is 0.839. The molecule has 0 saturated heterocycles. The van der Waals surface area contributed by atoms with Crippen molar-refractivity contribution in [1.29, 1.82) is 0 Å². The minimum absolute atomic E-state index is 0.171. The smallest absolute Gasteiger partial charge is 0.225 e. The average Bonchev–Trinajstić information content (AvgIpc) is 3.04. The van der Waals surface area contributed by atoms with Crippen molar-refractivity contribution >= 4 is 33.6 Å². The third-order valence-electron chi connectivity index (χ3n) is 4.09. The highest BCUT2D eigenvalue weighted by Crippen LogP contribution is 2.48. The van der Waals surface area contributed by atoms with Gasteiger partial charge >= 0.3 is 0 Å². The van der Waals surface area contributed by atoms with Crippen molar-refractivity contribution in [2.24, 2.45) is 0 Å². The number of fused-ring (bicyclic) bond motifs is 3. The number of thiophene rings is 2. The molecular formula is C15H15NOS2. The lowest BCUT2D eigenvalue weighted by atomic mass is 9.85. The van der Waals surface area contributed by atoms with Crippen LogP contribution in [0.25, 0.3) is 0 Å². The van der Waals surface area contributed by atoms with Gasteiger partial charge in [0.1, 0.15) is 0 Å². The van der Waals surface area contributed by atoms with Gasteiger partial charge in [-0.3, -0.25) is 4.79 Å². The van der Waals surface area contributed by atoms with Gasteiger partial charge < -0.3 is 5.32 Å². The molecule has 1 unspecified atom stereocenters. The molecule has 0 aromatic carbocycles. The first kappa shape index (κ1) is 11.7. The number of carbonyl (C=O) groups excluding carboxylic acids is 1. The summed E-state index contributed by atoms with van der Waals surface area (Å²) in [5, 5.41) is 6.33. The molecule has 4 rings (SSSR count). The maximum Gasteiger partial charge on any atom is 0.225 e. The fraction of sp³-hybridized carbons (Fsp3) is 0.400. The van der Waals surface area contributed by atoms with E-state index < -0.39 is 0 Å². The van der Waals surface area contributed by atoms with Crippen LogP contribution in [0.3, 0.4) is 0 Å². The van der Waals surface area contributed by atoms with E-state index in [0.29, 0.717) is 12.3 Å². The summed E-state index contributed by atoms with van der Waals surface area (Å²) in [5.41, 5.74) is 2.98. The molecule has 2 nitrogen and oxygen atoms in total. The SMILES string of the molecule is O=C1CC(c2cccs2)c2c(sc3c2CCCC3)N1. The summed E-state index contributed by atoms with van der Waals surface area (Å²) in [4.78, 5) is 14.8. The molecule has 1 aliphatic carbocycles. The summed E-state index contributed by atoms with van der Waals surface area (Å²) in [6.07, 6.45) is 5.58. The number of carbonyl (C=O) groups is 1. The molecule has 0 radical (unpaired) electrons. The van der Waals surface area contributed by atoms with E-state index in [1.807, 2.05) is 11.3 Å². The van der Waals surface area contributed by atoms with Crippen LogP contribution >= 0.6 is 22.7 Å². The zero-order chi connectivity index (χ0) is 12.8. The normalized spacial score (nSPS) is 21.7. The first-order chi connectivity index (χ1) is 9.33. The topological polar surface area (TPSA) is 29.1 Å². The summed E-state index contributed by atoms with van der Waals surface area (Å²) in [6, 6.07) is 4.26. The maximum absolute atomic E-state index is 11.9. The second-order valence-electron chi connectivity index (χ2n) is 5.27. The van der Waals surface area contributed by atoms with Gasteiger partial charge in [0.05, 0.1) is 5.00 Å². The highest BCUT2D eigenvalue weighted by atomic mass is 32.1. The van der Waals surface area contributed by atoms with Crippen LogP contribution < -0.4 is 5.32 Å². The second kappa shape index (κ2) is 4.46. The van der Waals surface area contributed by atoms with E-state index in [1.165, 1.54) is 41.0 Å². The first-order valence-electron chi connectivity index (χ1n) is 6.80. The van der Waals surface area contributed by atoms with Gasteiger partial charge in [-0.15, -0.1) is 22.7 Å². The molecule has 3 heterocycles. The van der Waals surface area contributed by atoms with E-state index in [0.717, 1.165) is 5.00 Å². The molecule has 0 spiro atoms. The monoisotopic (exact) mass is 289 g/mol. The van der Waals surface area contributed by atoms with Crippen molar-refractivity contribution < 1.29 is 4.79 Å². The lowest BCUT2D eigenvalue weighted by Crippen LogP contribution is -2.22. The van der Waals surface area contributed by atoms with Crippen LogP contribution in [-0.2, 0) is 17.6 Å². The molecule has 0 fully saturated rings. The zero-order valence-corrected chi connectivity index (χ0v) is 12.2. The molecule has 1 aliphatic heterocycles. The van der Waals surface area contributed by atoms with Crippen LogP contribution in [0.5, 0.6) is 0 Å². The van der Waals surface area contributed by atoms with E-state index in [4.69, 9.17) is 0 Å². The first-order valence-corrected chi connectivity index (χ1v) is 8.50. The maximum atomic E-state index is 11.9. The van der Waals surface area contributed by atoms with Crippen molar-refractivity contribution in [1.82, 2.24) is 0 Å². The molecule has 2 aromatic rings. The summed E-state index contributed by atoms with van der Waals surface area (Å²) in [6.45, 7) is 0. The Labute approximate surface area is 120 Å². The lowest BCUT2D eigenvalue weighted by molar-refractivity contribution is -0.116. The predicted molar refractivity (Wildman–Crippen MR) is 80.4 cm³/mol. The molecule has 2 aliphatic rings. The third-order valence-corrected chi connectivity index (χ3v) is 6.30. The highest BCUT2D eigenvalue weighted by molar-refractivity contribution is 7.16. The van der Waals surface area contributed by atoms with Crippen molar-refractivity contribution in [3.05, 3.63) is 38.4 Å². The Morgan fingerprint density at radius 2 is 2.16 bits per heavy atom. The molecule has 4 heteroatoms. The van der Waals surface area contributed by atoms with E-state index >= 15 is 0 Å². The van der Waals surface area contributed by atoms with Crippen molar-refractivity contribution in [2.45, 2.75) is 38.0 Å². The van der Waals surface area contributed by atoms with Gasteiger partial charge in [0, 0.05) is 22.1 Å². The Bertz CT molecular complexity index is 627. The van der Waals surface area contributed by atoms with E-state index in [-0.39, 0.29) is 5.91 Å².